The van der Waals surface area contributed by atoms with Crippen LogP contribution in [0, 0.1) is 17.2 Å². The summed E-state index contributed by atoms with van der Waals surface area (Å²) in [6.07, 6.45) is 0.858. The van der Waals surface area contributed by atoms with Crippen molar-refractivity contribution in [2.45, 2.75) is 6.42 Å². The second-order valence-electron chi connectivity index (χ2n) is 4.32. The molecular weight excluding hydrogens is 206 g/mol. The molecule has 0 spiro atoms. The number of piperazine rings is 1. The van der Waals surface area contributed by atoms with E-state index in [0.717, 1.165) is 32.6 Å². The molecule has 1 atom stereocenters. The van der Waals surface area contributed by atoms with Gasteiger partial charge >= 0.3 is 0 Å². The molecule has 2 saturated heterocycles. The number of amides is 1. The average Bonchev–Trinajstić information content (AvgIpc) is 2.83. The summed E-state index contributed by atoms with van der Waals surface area (Å²) < 4.78 is 5.23. The van der Waals surface area contributed by atoms with E-state index in [1.807, 2.05) is 4.90 Å². The van der Waals surface area contributed by atoms with E-state index >= 15 is 0 Å². The standard InChI is InChI=1S/C11H17N3O2/c12-2-3-13-4-6-14(7-5-13)11(15)10-1-8-16-9-10/h10H,1,3-9H2. The zero-order valence-corrected chi connectivity index (χ0v) is 9.39. The van der Waals surface area contributed by atoms with Crippen LogP contribution < -0.4 is 0 Å². The number of hydrogen-bond acceptors (Lipinski definition) is 4. The normalized spacial score (nSPS) is 26.7. The molecule has 2 aliphatic rings. The maximum Gasteiger partial charge on any atom is 0.228 e. The molecule has 0 N–H and O–H groups in total. The van der Waals surface area contributed by atoms with Crippen molar-refractivity contribution in [3.63, 3.8) is 0 Å². The molecule has 0 radical (unpaired) electrons. The molecule has 5 heteroatoms. The number of carbonyl (C=O) groups is 1. The number of hydrogen-bond donors (Lipinski definition) is 0. The lowest BCUT2D eigenvalue weighted by Gasteiger charge is -2.34. The Labute approximate surface area is 95.6 Å². The van der Waals surface area contributed by atoms with Gasteiger partial charge in [-0.15, -0.1) is 0 Å². The van der Waals surface area contributed by atoms with Crippen LogP contribution in [0.2, 0.25) is 0 Å². The Morgan fingerprint density at radius 3 is 2.69 bits per heavy atom. The van der Waals surface area contributed by atoms with Gasteiger partial charge in [-0.05, 0) is 6.42 Å². The van der Waals surface area contributed by atoms with Gasteiger partial charge in [-0.25, -0.2) is 0 Å². The first-order chi connectivity index (χ1) is 7.81. The molecule has 5 nitrogen and oxygen atoms in total. The Morgan fingerprint density at radius 2 is 2.12 bits per heavy atom. The molecule has 0 aromatic heterocycles. The first kappa shape index (κ1) is 11.4. The molecule has 0 saturated carbocycles. The van der Waals surface area contributed by atoms with Gasteiger partial charge in [0.2, 0.25) is 5.91 Å². The predicted octanol–water partition coefficient (Wildman–Crippen LogP) is -0.309. The van der Waals surface area contributed by atoms with Gasteiger partial charge in [0.15, 0.2) is 0 Å². The van der Waals surface area contributed by atoms with E-state index in [4.69, 9.17) is 10.00 Å². The molecule has 2 rings (SSSR count). The van der Waals surface area contributed by atoms with Gasteiger partial charge in [-0.3, -0.25) is 9.69 Å². The predicted molar refractivity (Wildman–Crippen MR) is 57.6 cm³/mol. The van der Waals surface area contributed by atoms with E-state index < -0.39 is 0 Å². The first-order valence-corrected chi connectivity index (χ1v) is 5.77. The largest absolute Gasteiger partial charge is 0.381 e. The highest BCUT2D eigenvalue weighted by atomic mass is 16.5. The van der Waals surface area contributed by atoms with E-state index in [-0.39, 0.29) is 11.8 Å². The van der Waals surface area contributed by atoms with Crippen molar-refractivity contribution in [2.75, 3.05) is 45.9 Å². The van der Waals surface area contributed by atoms with E-state index in [2.05, 4.69) is 11.0 Å². The molecule has 88 valence electrons. The third-order valence-corrected chi connectivity index (χ3v) is 3.26. The van der Waals surface area contributed by atoms with Gasteiger partial charge < -0.3 is 9.64 Å². The summed E-state index contributed by atoms with van der Waals surface area (Å²) in [5, 5.41) is 8.58. The Balaban J connectivity index is 1.80. The van der Waals surface area contributed by atoms with Crippen molar-refractivity contribution in [2.24, 2.45) is 5.92 Å². The minimum atomic E-state index is 0.0718. The smallest absolute Gasteiger partial charge is 0.228 e. The molecule has 1 amide bonds. The minimum absolute atomic E-state index is 0.0718. The highest BCUT2D eigenvalue weighted by molar-refractivity contribution is 5.79. The summed E-state index contributed by atoms with van der Waals surface area (Å²) in [6, 6.07) is 2.14. The molecule has 2 fully saturated rings. The monoisotopic (exact) mass is 223 g/mol. The topological polar surface area (TPSA) is 56.6 Å². The molecule has 16 heavy (non-hydrogen) atoms. The van der Waals surface area contributed by atoms with Crippen molar-refractivity contribution in [3.05, 3.63) is 0 Å². The Kier molecular flexibility index (Phi) is 3.75. The van der Waals surface area contributed by atoms with Gasteiger partial charge in [0, 0.05) is 32.8 Å². The molecule has 0 aromatic rings. The van der Waals surface area contributed by atoms with Gasteiger partial charge in [-0.1, -0.05) is 0 Å². The SMILES string of the molecule is N#CCN1CCN(C(=O)C2CCOC2)CC1. The second-order valence-corrected chi connectivity index (χ2v) is 4.32. The molecule has 2 heterocycles. The van der Waals surface area contributed by atoms with Crippen LogP contribution in [0.4, 0.5) is 0 Å². The van der Waals surface area contributed by atoms with E-state index in [0.29, 0.717) is 19.8 Å². The second kappa shape index (κ2) is 5.28. The van der Waals surface area contributed by atoms with Crippen LogP contribution in [0.1, 0.15) is 6.42 Å². The van der Waals surface area contributed by atoms with Gasteiger partial charge in [0.05, 0.1) is 25.1 Å². The zero-order valence-electron chi connectivity index (χ0n) is 9.39. The Morgan fingerprint density at radius 1 is 1.38 bits per heavy atom. The summed E-state index contributed by atoms with van der Waals surface area (Å²) >= 11 is 0. The summed E-state index contributed by atoms with van der Waals surface area (Å²) in [4.78, 5) is 16.0. The van der Waals surface area contributed by atoms with Crippen molar-refractivity contribution in [3.8, 4) is 6.07 Å². The lowest BCUT2D eigenvalue weighted by atomic mass is 10.1. The van der Waals surface area contributed by atoms with Crippen LogP contribution in [-0.2, 0) is 9.53 Å². The van der Waals surface area contributed by atoms with Crippen LogP contribution in [0.3, 0.4) is 0 Å². The fourth-order valence-corrected chi connectivity index (χ4v) is 2.21. The van der Waals surface area contributed by atoms with Crippen molar-refractivity contribution in [1.29, 1.82) is 5.26 Å². The minimum Gasteiger partial charge on any atom is -0.381 e. The molecule has 0 bridgehead atoms. The fourth-order valence-electron chi connectivity index (χ4n) is 2.21. The van der Waals surface area contributed by atoms with Gasteiger partial charge in [-0.2, -0.15) is 5.26 Å². The van der Waals surface area contributed by atoms with E-state index in [9.17, 15) is 4.79 Å². The van der Waals surface area contributed by atoms with Crippen LogP contribution in [0.5, 0.6) is 0 Å². The number of nitrogens with zero attached hydrogens (tertiary/aromatic N) is 3. The summed E-state index contributed by atoms with van der Waals surface area (Å²) in [5.74, 6) is 0.302. The first-order valence-electron chi connectivity index (χ1n) is 5.77. The molecular formula is C11H17N3O2. The summed E-state index contributed by atoms with van der Waals surface area (Å²) in [7, 11) is 0. The number of carbonyl (C=O) groups excluding carboxylic acids is 1. The van der Waals surface area contributed by atoms with Crippen molar-refractivity contribution >= 4 is 5.91 Å². The zero-order chi connectivity index (χ0) is 11.4. The fraction of sp³-hybridized carbons (Fsp3) is 0.818. The van der Waals surface area contributed by atoms with Crippen molar-refractivity contribution in [1.82, 2.24) is 9.80 Å². The summed E-state index contributed by atoms with van der Waals surface area (Å²) in [6.45, 7) is 4.88. The third kappa shape index (κ3) is 2.52. The van der Waals surface area contributed by atoms with E-state index in [1.165, 1.54) is 0 Å². The third-order valence-electron chi connectivity index (χ3n) is 3.26. The highest BCUT2D eigenvalue weighted by Crippen LogP contribution is 2.16. The average molecular weight is 223 g/mol. The lowest BCUT2D eigenvalue weighted by molar-refractivity contribution is -0.137. The highest BCUT2D eigenvalue weighted by Gasteiger charge is 2.29. The number of ether oxygens (including phenoxy) is 1. The van der Waals surface area contributed by atoms with Crippen LogP contribution in [-0.4, -0.2) is 61.6 Å². The maximum atomic E-state index is 12.0. The van der Waals surface area contributed by atoms with Gasteiger partial charge in [0.25, 0.3) is 0 Å². The Hall–Kier alpha value is -1.12. The quantitative estimate of drug-likeness (QED) is 0.603. The molecule has 2 aliphatic heterocycles. The van der Waals surface area contributed by atoms with Crippen LogP contribution in [0.25, 0.3) is 0 Å². The maximum absolute atomic E-state index is 12.0. The van der Waals surface area contributed by atoms with Crippen molar-refractivity contribution < 1.29 is 9.53 Å². The summed E-state index contributed by atoms with van der Waals surface area (Å²) in [5.41, 5.74) is 0. The Bertz CT molecular complexity index is 286. The lowest BCUT2D eigenvalue weighted by Crippen LogP contribution is -2.50. The molecule has 0 aromatic carbocycles. The van der Waals surface area contributed by atoms with Gasteiger partial charge in [0.1, 0.15) is 0 Å². The number of nitriles is 1. The number of rotatable bonds is 2. The van der Waals surface area contributed by atoms with Crippen LogP contribution >= 0.6 is 0 Å². The van der Waals surface area contributed by atoms with Crippen LogP contribution in [0.15, 0.2) is 0 Å². The molecule has 0 aliphatic carbocycles. The van der Waals surface area contributed by atoms with E-state index in [1.54, 1.807) is 0 Å². The molecule has 1 unspecified atom stereocenters.